The number of alkyl halides is 2. The average molecular weight is 404 g/mol. The highest BCUT2D eigenvalue weighted by atomic mass is 19.3. The zero-order chi connectivity index (χ0) is 20.9. The van der Waals surface area contributed by atoms with Gasteiger partial charge in [0.1, 0.15) is 0 Å². The first-order chi connectivity index (χ1) is 13.9. The van der Waals surface area contributed by atoms with Crippen LogP contribution in [-0.4, -0.2) is 5.92 Å². The molecule has 0 amide bonds. The van der Waals surface area contributed by atoms with Crippen LogP contribution in [0, 0.1) is 11.6 Å². The minimum atomic E-state index is -2.55. The highest BCUT2D eigenvalue weighted by Crippen LogP contribution is 2.41. The van der Waals surface area contributed by atoms with E-state index in [0.717, 1.165) is 31.2 Å². The summed E-state index contributed by atoms with van der Waals surface area (Å²) >= 11 is 0. The van der Waals surface area contributed by atoms with Crippen LogP contribution in [0.4, 0.5) is 17.6 Å². The van der Waals surface area contributed by atoms with Crippen molar-refractivity contribution in [2.75, 3.05) is 0 Å². The molecule has 2 aromatic rings. The Labute approximate surface area is 170 Å². The molecule has 156 valence electrons. The van der Waals surface area contributed by atoms with Crippen LogP contribution in [-0.2, 0) is 0 Å². The van der Waals surface area contributed by atoms with Gasteiger partial charge in [-0.3, -0.25) is 0 Å². The Balaban J connectivity index is 1.71. The summed E-state index contributed by atoms with van der Waals surface area (Å²) in [6, 6.07) is 10.4. The van der Waals surface area contributed by atoms with Gasteiger partial charge in [0.05, 0.1) is 0 Å². The Morgan fingerprint density at radius 1 is 0.931 bits per heavy atom. The molecule has 0 aliphatic heterocycles. The molecule has 3 rings (SSSR count). The highest BCUT2D eigenvalue weighted by molar-refractivity contribution is 5.67. The van der Waals surface area contributed by atoms with Crippen molar-refractivity contribution in [1.29, 1.82) is 0 Å². The van der Waals surface area contributed by atoms with E-state index in [4.69, 9.17) is 0 Å². The summed E-state index contributed by atoms with van der Waals surface area (Å²) in [5.41, 5.74) is 2.04. The second-order valence-electron chi connectivity index (χ2n) is 7.98. The molecule has 1 fully saturated rings. The van der Waals surface area contributed by atoms with Gasteiger partial charge >= 0.3 is 0 Å². The first-order valence-corrected chi connectivity index (χ1v) is 10.5. The summed E-state index contributed by atoms with van der Waals surface area (Å²) in [5, 5.41) is 0. The van der Waals surface area contributed by atoms with Crippen LogP contribution < -0.4 is 0 Å². The lowest BCUT2D eigenvalue weighted by Gasteiger charge is -2.28. The normalized spacial score (nSPS) is 17.1. The third-order valence-corrected chi connectivity index (χ3v) is 5.79. The smallest absolute Gasteiger partial charge is 0.207 e. The van der Waals surface area contributed by atoms with E-state index in [9.17, 15) is 17.6 Å². The molecular weight excluding hydrogens is 376 g/mol. The number of hydrogen-bond acceptors (Lipinski definition) is 0. The van der Waals surface area contributed by atoms with E-state index in [2.05, 4.69) is 6.92 Å². The SMILES string of the molecule is CCCCC/C=C/c1ccc(-c2ccc(C3CCC(F)(F)CC3)cc2)c(F)c1F. The molecule has 2 aromatic carbocycles. The Kier molecular flexibility index (Phi) is 7.15. The maximum absolute atomic E-state index is 14.6. The summed E-state index contributed by atoms with van der Waals surface area (Å²) in [5.74, 6) is -4.15. The van der Waals surface area contributed by atoms with Gasteiger partial charge < -0.3 is 0 Å². The van der Waals surface area contributed by atoms with E-state index in [1.807, 2.05) is 18.2 Å². The third kappa shape index (κ3) is 5.49. The number of rotatable bonds is 7. The van der Waals surface area contributed by atoms with Gasteiger partial charge in [0.15, 0.2) is 11.6 Å². The molecule has 29 heavy (non-hydrogen) atoms. The van der Waals surface area contributed by atoms with Crippen molar-refractivity contribution in [1.82, 2.24) is 0 Å². The van der Waals surface area contributed by atoms with E-state index in [1.54, 1.807) is 30.3 Å². The highest BCUT2D eigenvalue weighted by Gasteiger charge is 2.35. The first-order valence-electron chi connectivity index (χ1n) is 10.5. The maximum atomic E-state index is 14.6. The van der Waals surface area contributed by atoms with Gasteiger partial charge in [-0.15, -0.1) is 0 Å². The van der Waals surface area contributed by atoms with Crippen LogP contribution in [0.2, 0.25) is 0 Å². The zero-order valence-corrected chi connectivity index (χ0v) is 16.9. The monoisotopic (exact) mass is 404 g/mol. The molecule has 0 saturated heterocycles. The molecule has 1 saturated carbocycles. The van der Waals surface area contributed by atoms with Gasteiger partial charge in [0.2, 0.25) is 5.92 Å². The lowest BCUT2D eigenvalue weighted by atomic mass is 9.82. The fourth-order valence-electron chi connectivity index (χ4n) is 3.95. The van der Waals surface area contributed by atoms with E-state index < -0.39 is 17.6 Å². The Morgan fingerprint density at radius 3 is 2.28 bits per heavy atom. The summed E-state index contributed by atoms with van der Waals surface area (Å²) in [7, 11) is 0. The lowest BCUT2D eigenvalue weighted by molar-refractivity contribution is -0.0382. The molecule has 1 aliphatic rings. The Morgan fingerprint density at radius 2 is 1.62 bits per heavy atom. The number of unbranched alkanes of at least 4 members (excludes halogenated alkanes) is 3. The van der Waals surface area contributed by atoms with Crippen molar-refractivity contribution < 1.29 is 17.6 Å². The molecular formula is C25H28F4. The summed E-state index contributed by atoms with van der Waals surface area (Å²) in [4.78, 5) is 0. The van der Waals surface area contributed by atoms with Gasteiger partial charge in [-0.05, 0) is 42.7 Å². The van der Waals surface area contributed by atoms with Gasteiger partial charge in [-0.1, -0.05) is 68.3 Å². The maximum Gasteiger partial charge on any atom is 0.248 e. The van der Waals surface area contributed by atoms with Crippen LogP contribution in [0.5, 0.6) is 0 Å². The van der Waals surface area contributed by atoms with Crippen molar-refractivity contribution in [3.8, 4) is 11.1 Å². The molecule has 0 spiro atoms. The largest absolute Gasteiger partial charge is 0.248 e. The molecule has 0 nitrogen and oxygen atoms in total. The number of hydrogen-bond donors (Lipinski definition) is 0. The van der Waals surface area contributed by atoms with Gasteiger partial charge in [-0.25, -0.2) is 17.6 Å². The zero-order valence-electron chi connectivity index (χ0n) is 16.9. The topological polar surface area (TPSA) is 0 Å². The number of benzene rings is 2. The van der Waals surface area contributed by atoms with Crippen LogP contribution in [0.15, 0.2) is 42.5 Å². The summed E-state index contributed by atoms with van der Waals surface area (Å²) in [6.45, 7) is 2.12. The molecule has 0 radical (unpaired) electrons. The fraction of sp³-hybridized carbons (Fsp3) is 0.440. The molecule has 1 aliphatic carbocycles. The third-order valence-electron chi connectivity index (χ3n) is 5.79. The molecule has 0 aromatic heterocycles. The second-order valence-corrected chi connectivity index (χ2v) is 7.98. The first kappa shape index (κ1) is 21.6. The van der Waals surface area contributed by atoms with Crippen molar-refractivity contribution in [2.45, 2.75) is 70.1 Å². The average Bonchev–Trinajstić information content (AvgIpc) is 2.71. The molecule has 4 heteroatoms. The molecule has 0 heterocycles. The van der Waals surface area contributed by atoms with E-state index in [1.165, 1.54) is 0 Å². The molecule has 0 unspecified atom stereocenters. The van der Waals surface area contributed by atoms with E-state index >= 15 is 0 Å². The molecule has 0 N–H and O–H groups in total. The molecule has 0 atom stereocenters. The van der Waals surface area contributed by atoms with Crippen LogP contribution in [0.3, 0.4) is 0 Å². The van der Waals surface area contributed by atoms with Crippen molar-refractivity contribution in [3.63, 3.8) is 0 Å². The fourth-order valence-corrected chi connectivity index (χ4v) is 3.95. The lowest BCUT2D eigenvalue weighted by Crippen LogP contribution is -2.23. The number of allylic oxidation sites excluding steroid dienone is 1. The molecule has 0 bridgehead atoms. The van der Waals surface area contributed by atoms with Gasteiger partial charge in [-0.2, -0.15) is 0 Å². The Hall–Kier alpha value is -2.10. The predicted octanol–water partition coefficient (Wildman–Crippen LogP) is 8.52. The van der Waals surface area contributed by atoms with Crippen LogP contribution >= 0.6 is 0 Å². The van der Waals surface area contributed by atoms with Gasteiger partial charge in [0.25, 0.3) is 0 Å². The second kappa shape index (κ2) is 9.60. The Bertz CT molecular complexity index is 827. The van der Waals surface area contributed by atoms with Crippen molar-refractivity contribution in [2.24, 2.45) is 0 Å². The van der Waals surface area contributed by atoms with E-state index in [0.29, 0.717) is 18.4 Å². The quantitative estimate of drug-likeness (QED) is 0.320. The van der Waals surface area contributed by atoms with Crippen LogP contribution in [0.1, 0.15) is 75.3 Å². The van der Waals surface area contributed by atoms with Crippen molar-refractivity contribution >= 4 is 6.08 Å². The minimum absolute atomic E-state index is 0.0906. The predicted molar refractivity (Wildman–Crippen MR) is 111 cm³/mol. The standard InChI is InChI=1S/C25H28F4/c1-2-3-4-5-6-7-21-12-13-22(24(27)23(21)26)20-10-8-18(9-11-20)19-14-16-25(28,29)17-15-19/h6-13,19H,2-5,14-17H2,1H3/b7-6+. The van der Waals surface area contributed by atoms with Gasteiger partial charge in [0, 0.05) is 24.0 Å². The number of halogens is 4. The van der Waals surface area contributed by atoms with Crippen LogP contribution in [0.25, 0.3) is 17.2 Å². The van der Waals surface area contributed by atoms with E-state index in [-0.39, 0.29) is 29.9 Å². The minimum Gasteiger partial charge on any atom is -0.207 e. The summed E-state index contributed by atoms with van der Waals surface area (Å²) in [6.07, 6.45) is 8.39. The van der Waals surface area contributed by atoms with Crippen molar-refractivity contribution in [3.05, 3.63) is 65.2 Å². The summed E-state index contributed by atoms with van der Waals surface area (Å²) < 4.78 is 55.8.